The Morgan fingerprint density at radius 3 is 1.76 bits per heavy atom. The van der Waals surface area contributed by atoms with Crippen molar-refractivity contribution in [1.82, 2.24) is 10.6 Å². The largest absolute Gasteiger partial charge is 0.508 e. The second-order valence-electron chi connectivity index (χ2n) is 4.97. The summed E-state index contributed by atoms with van der Waals surface area (Å²) in [5.41, 5.74) is 1.03. The molecule has 1 aromatic carbocycles. The molecule has 0 unspecified atom stereocenters. The molecule has 17 heavy (non-hydrogen) atoms. The van der Waals surface area contributed by atoms with Crippen LogP contribution in [0.25, 0.3) is 0 Å². The minimum Gasteiger partial charge on any atom is -0.508 e. The molecule has 0 amide bonds. The summed E-state index contributed by atoms with van der Waals surface area (Å²) in [4.78, 5) is 0. The third kappa shape index (κ3) is 6.97. The zero-order valence-electron chi connectivity index (χ0n) is 11.7. The molecule has 0 heterocycles. The molecule has 1 rings (SSSR count). The molecule has 0 saturated heterocycles. The summed E-state index contributed by atoms with van der Waals surface area (Å²) < 4.78 is 0. The van der Waals surface area contributed by atoms with Gasteiger partial charge in [0.1, 0.15) is 5.75 Å². The summed E-state index contributed by atoms with van der Waals surface area (Å²) in [5, 5.41) is 15.5. The van der Waals surface area contributed by atoms with Crippen LogP contribution in [-0.2, 0) is 5.41 Å². The van der Waals surface area contributed by atoms with Crippen LogP contribution >= 0.6 is 0 Å². The molecule has 0 aliphatic carbocycles. The molecule has 0 atom stereocenters. The van der Waals surface area contributed by atoms with Crippen LogP contribution in [0.5, 0.6) is 5.75 Å². The van der Waals surface area contributed by atoms with Crippen molar-refractivity contribution in [1.29, 1.82) is 0 Å². The Hall–Kier alpha value is -1.06. The van der Waals surface area contributed by atoms with Crippen molar-refractivity contribution in [3.05, 3.63) is 29.8 Å². The number of para-hydroxylation sites is 1. The van der Waals surface area contributed by atoms with Crippen LogP contribution in [0.1, 0.15) is 26.3 Å². The van der Waals surface area contributed by atoms with E-state index >= 15 is 0 Å². The highest BCUT2D eigenvalue weighted by Crippen LogP contribution is 2.29. The smallest absolute Gasteiger partial charge is 0.119 e. The lowest BCUT2D eigenvalue weighted by molar-refractivity contribution is 0.447. The number of likely N-dealkylation sites (N-methyl/N-ethyl adjacent to an activating group) is 2. The van der Waals surface area contributed by atoms with Crippen LogP contribution < -0.4 is 10.6 Å². The van der Waals surface area contributed by atoms with Crippen molar-refractivity contribution in [2.75, 3.05) is 27.2 Å². The molecule has 0 fully saturated rings. The molecule has 0 bridgehead atoms. The zero-order chi connectivity index (χ0) is 13.3. The Balaban J connectivity index is 0.000000366. The Labute approximate surface area is 105 Å². The van der Waals surface area contributed by atoms with Crippen molar-refractivity contribution in [2.45, 2.75) is 26.2 Å². The quantitative estimate of drug-likeness (QED) is 0.707. The molecule has 0 spiro atoms. The fourth-order valence-corrected chi connectivity index (χ4v) is 1.36. The standard InChI is InChI=1S/C10H14O.C4H12N2/c1-10(2,3)8-6-4-5-7-9(8)11;1-5-3-4-6-2/h4-7,11H,1-3H3;5-6H,3-4H2,1-2H3. The number of nitrogens with one attached hydrogen (secondary N) is 2. The topological polar surface area (TPSA) is 44.3 Å². The van der Waals surface area contributed by atoms with Gasteiger partial charge < -0.3 is 15.7 Å². The van der Waals surface area contributed by atoms with Crippen LogP contribution in [-0.4, -0.2) is 32.3 Å². The van der Waals surface area contributed by atoms with E-state index in [0.717, 1.165) is 18.7 Å². The Bertz CT molecular complexity index is 301. The van der Waals surface area contributed by atoms with Gasteiger partial charge in [0.2, 0.25) is 0 Å². The molecule has 0 radical (unpaired) electrons. The summed E-state index contributed by atoms with van der Waals surface area (Å²) in [7, 11) is 3.88. The van der Waals surface area contributed by atoms with Gasteiger partial charge in [-0.15, -0.1) is 0 Å². The van der Waals surface area contributed by atoms with E-state index in [0.29, 0.717) is 5.75 Å². The third-order valence-corrected chi connectivity index (χ3v) is 2.34. The zero-order valence-corrected chi connectivity index (χ0v) is 11.7. The third-order valence-electron chi connectivity index (χ3n) is 2.34. The average Bonchev–Trinajstić information content (AvgIpc) is 2.26. The van der Waals surface area contributed by atoms with Gasteiger partial charge in [-0.25, -0.2) is 0 Å². The van der Waals surface area contributed by atoms with Gasteiger partial charge in [-0.2, -0.15) is 0 Å². The molecule has 0 aliphatic rings. The maximum absolute atomic E-state index is 9.45. The minimum atomic E-state index is 0.0331. The number of benzene rings is 1. The first kappa shape index (κ1) is 15.9. The van der Waals surface area contributed by atoms with Gasteiger partial charge in [0, 0.05) is 13.1 Å². The molecular formula is C14H26N2O. The van der Waals surface area contributed by atoms with Gasteiger partial charge in [0.05, 0.1) is 0 Å². The van der Waals surface area contributed by atoms with Crippen molar-refractivity contribution >= 4 is 0 Å². The number of phenols is 1. The van der Waals surface area contributed by atoms with E-state index < -0.39 is 0 Å². The van der Waals surface area contributed by atoms with Crippen LogP contribution in [0, 0.1) is 0 Å². The summed E-state index contributed by atoms with van der Waals surface area (Å²) in [6.07, 6.45) is 0. The predicted molar refractivity (Wildman–Crippen MR) is 74.7 cm³/mol. The molecule has 0 saturated carbocycles. The van der Waals surface area contributed by atoms with Crippen LogP contribution in [0.2, 0.25) is 0 Å². The average molecular weight is 238 g/mol. The SMILES string of the molecule is CC(C)(C)c1ccccc1O.CNCCNC. The molecular weight excluding hydrogens is 212 g/mol. The predicted octanol–water partition coefficient (Wildman–Crippen LogP) is 2.11. The number of phenolic OH excluding ortho intramolecular Hbond substituents is 1. The molecule has 3 heteroatoms. The first-order valence-electron chi connectivity index (χ1n) is 6.01. The number of hydrogen-bond acceptors (Lipinski definition) is 3. The Kier molecular flexibility index (Phi) is 7.59. The fraction of sp³-hybridized carbons (Fsp3) is 0.571. The Morgan fingerprint density at radius 1 is 1.00 bits per heavy atom. The first-order chi connectivity index (χ1) is 7.93. The van der Waals surface area contributed by atoms with Gasteiger partial charge in [-0.1, -0.05) is 39.0 Å². The van der Waals surface area contributed by atoms with Crippen molar-refractivity contribution in [3.63, 3.8) is 0 Å². The van der Waals surface area contributed by atoms with Crippen LogP contribution in [0.3, 0.4) is 0 Å². The van der Waals surface area contributed by atoms with E-state index in [1.165, 1.54) is 0 Å². The van der Waals surface area contributed by atoms with E-state index in [4.69, 9.17) is 0 Å². The fourth-order valence-electron chi connectivity index (χ4n) is 1.36. The lowest BCUT2D eigenvalue weighted by Gasteiger charge is -2.19. The van der Waals surface area contributed by atoms with Crippen molar-refractivity contribution in [3.8, 4) is 5.75 Å². The van der Waals surface area contributed by atoms with Gasteiger partial charge >= 0.3 is 0 Å². The van der Waals surface area contributed by atoms with Crippen molar-refractivity contribution < 1.29 is 5.11 Å². The number of hydrogen-bond donors (Lipinski definition) is 3. The molecule has 0 aromatic heterocycles. The lowest BCUT2D eigenvalue weighted by Crippen LogP contribution is -2.21. The summed E-state index contributed by atoms with van der Waals surface area (Å²) in [6, 6.07) is 7.46. The van der Waals surface area contributed by atoms with E-state index in [9.17, 15) is 5.11 Å². The number of rotatable bonds is 3. The minimum absolute atomic E-state index is 0.0331. The molecule has 3 nitrogen and oxygen atoms in total. The summed E-state index contributed by atoms with van der Waals surface area (Å²) in [6.45, 7) is 8.36. The van der Waals surface area contributed by atoms with Gasteiger partial charge in [-0.05, 0) is 31.1 Å². The highest BCUT2D eigenvalue weighted by molar-refractivity contribution is 5.36. The molecule has 98 valence electrons. The summed E-state index contributed by atoms with van der Waals surface area (Å²) in [5.74, 6) is 0.389. The van der Waals surface area contributed by atoms with E-state index in [1.807, 2.05) is 32.3 Å². The highest BCUT2D eigenvalue weighted by atomic mass is 16.3. The normalized spacial score (nSPS) is 10.6. The van der Waals surface area contributed by atoms with Gasteiger partial charge in [0.15, 0.2) is 0 Å². The van der Waals surface area contributed by atoms with E-state index in [-0.39, 0.29) is 5.41 Å². The first-order valence-corrected chi connectivity index (χ1v) is 6.01. The van der Waals surface area contributed by atoms with E-state index in [1.54, 1.807) is 6.07 Å². The van der Waals surface area contributed by atoms with E-state index in [2.05, 4.69) is 31.4 Å². The second-order valence-corrected chi connectivity index (χ2v) is 4.97. The lowest BCUT2D eigenvalue weighted by atomic mass is 9.86. The maximum atomic E-state index is 9.45. The van der Waals surface area contributed by atoms with Crippen molar-refractivity contribution in [2.24, 2.45) is 0 Å². The maximum Gasteiger partial charge on any atom is 0.119 e. The molecule has 1 aromatic rings. The summed E-state index contributed by atoms with van der Waals surface area (Å²) >= 11 is 0. The van der Waals surface area contributed by atoms with Crippen LogP contribution in [0.15, 0.2) is 24.3 Å². The number of aromatic hydroxyl groups is 1. The molecule has 0 aliphatic heterocycles. The van der Waals surface area contributed by atoms with Gasteiger partial charge in [-0.3, -0.25) is 0 Å². The van der Waals surface area contributed by atoms with Crippen LogP contribution in [0.4, 0.5) is 0 Å². The highest BCUT2D eigenvalue weighted by Gasteiger charge is 2.16. The Morgan fingerprint density at radius 2 is 1.47 bits per heavy atom. The monoisotopic (exact) mass is 238 g/mol. The second kappa shape index (κ2) is 8.09. The molecule has 3 N–H and O–H groups in total. The van der Waals surface area contributed by atoms with Gasteiger partial charge in [0.25, 0.3) is 0 Å².